The van der Waals surface area contributed by atoms with Gasteiger partial charge < -0.3 is 20.5 Å². The molecule has 3 N–H and O–H groups in total. The minimum absolute atomic E-state index is 0.0467. The lowest BCUT2D eigenvalue weighted by Crippen LogP contribution is -2.49. The van der Waals surface area contributed by atoms with E-state index < -0.39 is 5.54 Å². The fourth-order valence-electron chi connectivity index (χ4n) is 1.83. The van der Waals surface area contributed by atoms with Crippen LogP contribution >= 0.6 is 22.6 Å². The molecular formula is C14H21IN2O3. The lowest BCUT2D eigenvalue weighted by molar-refractivity contribution is -0.115. The van der Waals surface area contributed by atoms with Gasteiger partial charge in [-0.25, -0.2) is 0 Å². The van der Waals surface area contributed by atoms with Crippen LogP contribution in [-0.2, 0) is 9.53 Å². The molecule has 0 aliphatic heterocycles. The maximum Gasteiger partial charge on any atom is 0.238 e. The molecule has 5 nitrogen and oxygen atoms in total. The van der Waals surface area contributed by atoms with Gasteiger partial charge in [0.15, 0.2) is 0 Å². The Morgan fingerprint density at radius 3 is 2.75 bits per heavy atom. The van der Waals surface area contributed by atoms with Crippen molar-refractivity contribution < 1.29 is 14.6 Å². The fraction of sp³-hybridized carbons (Fsp3) is 0.500. The van der Waals surface area contributed by atoms with Crippen LogP contribution in [0.2, 0.25) is 0 Å². The maximum absolute atomic E-state index is 11.9. The molecule has 0 radical (unpaired) electrons. The molecule has 0 fully saturated rings. The van der Waals surface area contributed by atoms with E-state index in [-0.39, 0.29) is 19.1 Å². The van der Waals surface area contributed by atoms with Crippen molar-refractivity contribution in [2.75, 3.05) is 32.2 Å². The molecule has 112 valence electrons. The van der Waals surface area contributed by atoms with Gasteiger partial charge in [0.2, 0.25) is 5.91 Å². The number of rotatable bonds is 8. The second-order valence-corrected chi connectivity index (χ2v) is 6.01. The van der Waals surface area contributed by atoms with Crippen molar-refractivity contribution in [1.82, 2.24) is 5.32 Å². The van der Waals surface area contributed by atoms with Crippen LogP contribution in [0, 0.1) is 3.57 Å². The van der Waals surface area contributed by atoms with E-state index in [1.807, 2.05) is 31.2 Å². The number of nitrogens with one attached hydrogen (secondary N) is 2. The number of anilines is 1. The number of halogens is 1. The highest BCUT2D eigenvalue weighted by atomic mass is 127. The zero-order chi connectivity index (χ0) is 15.0. The first-order valence-corrected chi connectivity index (χ1v) is 7.48. The Morgan fingerprint density at radius 1 is 1.45 bits per heavy atom. The molecule has 1 aromatic carbocycles. The van der Waals surface area contributed by atoms with Gasteiger partial charge in [-0.2, -0.15) is 0 Å². The van der Waals surface area contributed by atoms with Gasteiger partial charge in [0.1, 0.15) is 0 Å². The average Bonchev–Trinajstić information content (AvgIpc) is 2.40. The third-order valence-corrected chi connectivity index (χ3v) is 3.89. The van der Waals surface area contributed by atoms with Crippen molar-refractivity contribution in [2.45, 2.75) is 18.9 Å². The highest BCUT2D eigenvalue weighted by Gasteiger charge is 2.23. The second kappa shape index (κ2) is 8.56. The molecule has 20 heavy (non-hydrogen) atoms. The summed E-state index contributed by atoms with van der Waals surface area (Å²) in [5, 5.41) is 15.1. The predicted octanol–water partition coefficient (Wildman–Crippen LogP) is 1.61. The standard InChI is InChI=1S/C14H21IN2O3/c1-14(7-8-18,10-20-2)16-9-13(19)17-12-6-4-3-5-11(12)15/h3-6,16,18H,7-10H2,1-2H3,(H,17,19)/t14-/m1/s1. The zero-order valence-electron chi connectivity index (χ0n) is 11.8. The number of aliphatic hydroxyl groups is 1. The monoisotopic (exact) mass is 392 g/mol. The van der Waals surface area contributed by atoms with Crippen LogP contribution < -0.4 is 10.6 Å². The van der Waals surface area contributed by atoms with Crippen LogP contribution in [0.3, 0.4) is 0 Å². The number of hydrogen-bond acceptors (Lipinski definition) is 4. The molecule has 6 heteroatoms. The van der Waals surface area contributed by atoms with E-state index in [1.165, 1.54) is 0 Å². The summed E-state index contributed by atoms with van der Waals surface area (Å²) in [6, 6.07) is 7.60. The molecule has 1 rings (SSSR count). The summed E-state index contributed by atoms with van der Waals surface area (Å²) in [5.74, 6) is -0.116. The van der Waals surface area contributed by atoms with Gasteiger partial charge in [-0.3, -0.25) is 4.79 Å². The first-order chi connectivity index (χ1) is 9.50. The van der Waals surface area contributed by atoms with E-state index >= 15 is 0 Å². The van der Waals surface area contributed by atoms with Crippen molar-refractivity contribution in [3.05, 3.63) is 27.8 Å². The Labute approximate surface area is 133 Å². The van der Waals surface area contributed by atoms with Crippen LogP contribution in [0.25, 0.3) is 0 Å². The van der Waals surface area contributed by atoms with Gasteiger partial charge in [0, 0.05) is 22.8 Å². The number of ether oxygens (including phenoxy) is 1. The SMILES string of the molecule is COC[C@@](C)(CCO)NCC(=O)Nc1ccccc1I. The summed E-state index contributed by atoms with van der Waals surface area (Å²) in [4.78, 5) is 11.9. The third-order valence-electron chi connectivity index (χ3n) is 2.95. The number of para-hydroxylation sites is 1. The first-order valence-electron chi connectivity index (χ1n) is 6.40. The van der Waals surface area contributed by atoms with Crippen LogP contribution in [0.1, 0.15) is 13.3 Å². The number of carbonyl (C=O) groups excluding carboxylic acids is 1. The number of aliphatic hydroxyl groups excluding tert-OH is 1. The fourth-order valence-corrected chi connectivity index (χ4v) is 2.35. The molecule has 0 unspecified atom stereocenters. The minimum atomic E-state index is -0.412. The summed E-state index contributed by atoms with van der Waals surface area (Å²) in [5.41, 5.74) is 0.389. The van der Waals surface area contributed by atoms with Crippen LogP contribution in [0.15, 0.2) is 24.3 Å². The minimum Gasteiger partial charge on any atom is -0.396 e. The van der Waals surface area contributed by atoms with Crippen LogP contribution in [0.4, 0.5) is 5.69 Å². The van der Waals surface area contributed by atoms with Crippen molar-refractivity contribution in [2.24, 2.45) is 0 Å². The Balaban J connectivity index is 2.52. The molecule has 0 spiro atoms. The van der Waals surface area contributed by atoms with Gasteiger partial charge in [-0.15, -0.1) is 0 Å². The lowest BCUT2D eigenvalue weighted by Gasteiger charge is -2.29. The van der Waals surface area contributed by atoms with Crippen molar-refractivity contribution in [3.8, 4) is 0 Å². The summed E-state index contributed by atoms with van der Waals surface area (Å²) in [6.07, 6.45) is 0.525. The Hall–Kier alpha value is -0.700. The van der Waals surface area contributed by atoms with Crippen molar-refractivity contribution in [3.63, 3.8) is 0 Å². The molecule has 0 saturated carbocycles. The first kappa shape index (κ1) is 17.4. The number of carbonyl (C=O) groups is 1. The Kier molecular flexibility index (Phi) is 7.42. The Morgan fingerprint density at radius 2 is 2.15 bits per heavy atom. The predicted molar refractivity (Wildman–Crippen MR) is 87.8 cm³/mol. The van der Waals surface area contributed by atoms with Crippen LogP contribution in [-0.4, -0.2) is 43.4 Å². The number of hydrogen-bond donors (Lipinski definition) is 3. The third kappa shape index (κ3) is 5.74. The van der Waals surface area contributed by atoms with Crippen LogP contribution in [0.5, 0.6) is 0 Å². The van der Waals surface area contributed by atoms with E-state index in [9.17, 15) is 4.79 Å². The molecule has 1 atom stereocenters. The van der Waals surface area contributed by atoms with E-state index in [4.69, 9.17) is 9.84 Å². The second-order valence-electron chi connectivity index (χ2n) is 4.85. The smallest absolute Gasteiger partial charge is 0.238 e. The molecule has 0 saturated heterocycles. The number of benzene rings is 1. The zero-order valence-corrected chi connectivity index (χ0v) is 13.9. The normalized spacial score (nSPS) is 13.8. The van der Waals surface area contributed by atoms with E-state index in [0.717, 1.165) is 9.26 Å². The van der Waals surface area contributed by atoms with Crippen molar-refractivity contribution >= 4 is 34.2 Å². The van der Waals surface area contributed by atoms with E-state index in [0.29, 0.717) is 13.0 Å². The van der Waals surface area contributed by atoms with Crippen molar-refractivity contribution in [1.29, 1.82) is 0 Å². The van der Waals surface area contributed by atoms with E-state index in [1.54, 1.807) is 7.11 Å². The highest BCUT2D eigenvalue weighted by Crippen LogP contribution is 2.16. The van der Waals surface area contributed by atoms with Gasteiger partial charge >= 0.3 is 0 Å². The molecule has 0 aliphatic rings. The number of methoxy groups -OCH3 is 1. The summed E-state index contributed by atoms with van der Waals surface area (Å²) in [7, 11) is 1.60. The van der Waals surface area contributed by atoms with Gasteiger partial charge in [-0.05, 0) is 48.1 Å². The molecule has 0 bridgehead atoms. The summed E-state index contributed by atoms with van der Waals surface area (Å²) >= 11 is 2.18. The molecule has 1 amide bonds. The molecule has 0 aromatic heterocycles. The largest absolute Gasteiger partial charge is 0.396 e. The van der Waals surface area contributed by atoms with Gasteiger partial charge in [0.05, 0.1) is 18.8 Å². The lowest BCUT2D eigenvalue weighted by atomic mass is 9.99. The average molecular weight is 392 g/mol. The quantitative estimate of drug-likeness (QED) is 0.588. The topological polar surface area (TPSA) is 70.6 Å². The summed E-state index contributed by atoms with van der Waals surface area (Å²) in [6.45, 7) is 2.58. The summed E-state index contributed by atoms with van der Waals surface area (Å²) < 4.78 is 6.12. The molecule has 0 aliphatic carbocycles. The molecule has 1 aromatic rings. The number of amides is 1. The van der Waals surface area contributed by atoms with Gasteiger partial charge in [-0.1, -0.05) is 12.1 Å². The highest BCUT2D eigenvalue weighted by molar-refractivity contribution is 14.1. The van der Waals surface area contributed by atoms with Gasteiger partial charge in [0.25, 0.3) is 0 Å². The molecule has 0 heterocycles. The maximum atomic E-state index is 11.9. The molecular weight excluding hydrogens is 371 g/mol. The Bertz CT molecular complexity index is 434. The van der Waals surface area contributed by atoms with E-state index in [2.05, 4.69) is 33.2 Å².